The van der Waals surface area contributed by atoms with E-state index in [1.54, 1.807) is 6.07 Å². The lowest BCUT2D eigenvalue weighted by molar-refractivity contribution is -0.386. The minimum absolute atomic E-state index is 0.0316. The van der Waals surface area contributed by atoms with Crippen molar-refractivity contribution in [3.8, 4) is 0 Å². The lowest BCUT2D eigenvalue weighted by atomic mass is 9.83. The normalized spacial score (nSPS) is 17.9. The number of benzene rings is 1. The number of hydrogen-bond donors (Lipinski definition) is 1. The van der Waals surface area contributed by atoms with E-state index in [0.29, 0.717) is 17.2 Å². The second-order valence-corrected chi connectivity index (χ2v) is 5.88. The van der Waals surface area contributed by atoms with Gasteiger partial charge in [0.1, 0.15) is 0 Å². The van der Waals surface area contributed by atoms with Crippen LogP contribution in [0.3, 0.4) is 0 Å². The maximum atomic E-state index is 10.9. The highest BCUT2D eigenvalue weighted by Crippen LogP contribution is 2.27. The number of nitrogens with zero attached hydrogens (tertiary/aromatic N) is 1. The Morgan fingerprint density at radius 2 is 2.05 bits per heavy atom. The largest absolute Gasteiger partial charge is 0.375 e. The Balaban J connectivity index is 1.96. The molecule has 2 rings (SSSR count). The number of nitro benzene ring substituents is 1. The van der Waals surface area contributed by atoms with E-state index in [4.69, 9.17) is 22.1 Å². The second-order valence-electron chi connectivity index (χ2n) is 5.45. The van der Waals surface area contributed by atoms with Crippen molar-refractivity contribution in [3.63, 3.8) is 0 Å². The van der Waals surface area contributed by atoms with Gasteiger partial charge in [-0.1, -0.05) is 30.9 Å². The summed E-state index contributed by atoms with van der Waals surface area (Å²) in [6, 6.07) is 4.48. The fourth-order valence-electron chi connectivity index (χ4n) is 2.61. The van der Waals surface area contributed by atoms with Crippen LogP contribution in [-0.4, -0.2) is 17.1 Å². The minimum Gasteiger partial charge on any atom is -0.375 e. The Hall–Kier alpha value is -1.17. The number of nitro groups is 1. The predicted octanol–water partition coefficient (Wildman–Crippen LogP) is 3.43. The molecule has 0 atom stereocenters. The molecule has 0 amide bonds. The molecule has 5 nitrogen and oxygen atoms in total. The van der Waals surface area contributed by atoms with Gasteiger partial charge in [-0.05, 0) is 25.0 Å². The number of ether oxygens (including phenoxy) is 1. The van der Waals surface area contributed by atoms with Crippen LogP contribution < -0.4 is 5.73 Å². The average Bonchev–Trinajstić information content (AvgIpc) is 2.39. The van der Waals surface area contributed by atoms with E-state index in [1.807, 2.05) is 0 Å². The third-order valence-corrected chi connectivity index (χ3v) is 3.97. The molecular formula is C14H19ClN2O3. The van der Waals surface area contributed by atoms with Gasteiger partial charge in [0, 0.05) is 16.6 Å². The highest BCUT2D eigenvalue weighted by atomic mass is 35.5. The summed E-state index contributed by atoms with van der Waals surface area (Å²) < 4.78 is 5.62. The fraction of sp³-hybridized carbons (Fsp3) is 0.571. The van der Waals surface area contributed by atoms with E-state index < -0.39 is 4.92 Å². The summed E-state index contributed by atoms with van der Waals surface area (Å²) in [5.41, 5.74) is 6.50. The Morgan fingerprint density at radius 3 is 2.70 bits per heavy atom. The number of hydrogen-bond acceptors (Lipinski definition) is 4. The summed E-state index contributed by atoms with van der Waals surface area (Å²) in [6.45, 7) is 0.590. The summed E-state index contributed by atoms with van der Waals surface area (Å²) in [7, 11) is 0. The van der Waals surface area contributed by atoms with Gasteiger partial charge in [0.05, 0.1) is 23.7 Å². The molecule has 1 aliphatic carbocycles. The van der Waals surface area contributed by atoms with Crippen LogP contribution in [0.2, 0.25) is 5.02 Å². The summed E-state index contributed by atoms with van der Waals surface area (Å²) >= 11 is 5.87. The zero-order valence-corrected chi connectivity index (χ0v) is 12.1. The first-order valence-electron chi connectivity index (χ1n) is 6.80. The summed E-state index contributed by atoms with van der Waals surface area (Å²) in [4.78, 5) is 10.5. The molecule has 0 radical (unpaired) electrons. The summed E-state index contributed by atoms with van der Waals surface area (Å²) in [5, 5.41) is 11.4. The molecule has 0 spiro atoms. The molecule has 1 fully saturated rings. The lowest BCUT2D eigenvalue weighted by Crippen LogP contribution is -2.46. The maximum absolute atomic E-state index is 10.9. The molecule has 110 valence electrons. The van der Waals surface area contributed by atoms with Crippen LogP contribution in [0, 0.1) is 10.1 Å². The van der Waals surface area contributed by atoms with E-state index in [1.165, 1.54) is 18.6 Å². The summed E-state index contributed by atoms with van der Waals surface area (Å²) in [6.07, 6.45) is 5.36. The first-order valence-corrected chi connectivity index (χ1v) is 7.17. The Labute approximate surface area is 123 Å². The van der Waals surface area contributed by atoms with Crippen molar-refractivity contribution in [2.24, 2.45) is 5.73 Å². The Kier molecular flexibility index (Phi) is 4.96. The molecule has 1 aliphatic rings. The lowest BCUT2D eigenvalue weighted by Gasteiger charge is -2.33. The SMILES string of the molecule is NC1(COCc2cc(Cl)ccc2[N+](=O)[O-])CCCCC1. The van der Waals surface area contributed by atoms with Crippen LogP contribution >= 0.6 is 11.6 Å². The molecule has 6 heteroatoms. The molecular weight excluding hydrogens is 280 g/mol. The van der Waals surface area contributed by atoms with Gasteiger partial charge in [-0.3, -0.25) is 10.1 Å². The van der Waals surface area contributed by atoms with Crippen molar-refractivity contribution in [3.05, 3.63) is 38.9 Å². The van der Waals surface area contributed by atoms with Crippen LogP contribution in [-0.2, 0) is 11.3 Å². The van der Waals surface area contributed by atoms with Crippen LogP contribution in [0.1, 0.15) is 37.7 Å². The minimum atomic E-state index is -0.423. The van der Waals surface area contributed by atoms with Crippen molar-refractivity contribution >= 4 is 17.3 Å². The molecule has 0 saturated heterocycles. The van der Waals surface area contributed by atoms with Gasteiger partial charge in [0.25, 0.3) is 5.69 Å². The van der Waals surface area contributed by atoms with Gasteiger partial charge in [-0.15, -0.1) is 0 Å². The van der Waals surface area contributed by atoms with Gasteiger partial charge in [-0.25, -0.2) is 0 Å². The van der Waals surface area contributed by atoms with E-state index in [0.717, 1.165) is 25.7 Å². The first-order chi connectivity index (χ1) is 9.50. The van der Waals surface area contributed by atoms with Gasteiger partial charge in [0.2, 0.25) is 0 Å². The third kappa shape index (κ3) is 3.91. The van der Waals surface area contributed by atoms with Gasteiger partial charge >= 0.3 is 0 Å². The number of halogens is 1. The molecule has 0 aliphatic heterocycles. The monoisotopic (exact) mass is 298 g/mol. The zero-order chi connectivity index (χ0) is 14.6. The second kappa shape index (κ2) is 6.52. The van der Waals surface area contributed by atoms with Crippen molar-refractivity contribution in [2.45, 2.75) is 44.2 Å². The molecule has 0 unspecified atom stereocenters. The molecule has 0 heterocycles. The van der Waals surface area contributed by atoms with E-state index >= 15 is 0 Å². The van der Waals surface area contributed by atoms with Crippen LogP contribution in [0.25, 0.3) is 0 Å². The van der Waals surface area contributed by atoms with Crippen molar-refractivity contribution < 1.29 is 9.66 Å². The molecule has 0 bridgehead atoms. The molecule has 1 saturated carbocycles. The topological polar surface area (TPSA) is 78.4 Å². The fourth-order valence-corrected chi connectivity index (χ4v) is 2.81. The van der Waals surface area contributed by atoms with Crippen molar-refractivity contribution in [1.82, 2.24) is 0 Å². The quantitative estimate of drug-likeness (QED) is 0.667. The van der Waals surface area contributed by atoms with E-state index in [9.17, 15) is 10.1 Å². The third-order valence-electron chi connectivity index (χ3n) is 3.73. The van der Waals surface area contributed by atoms with Crippen LogP contribution in [0.15, 0.2) is 18.2 Å². The molecule has 2 N–H and O–H groups in total. The molecule has 20 heavy (non-hydrogen) atoms. The molecule has 0 aromatic heterocycles. The Morgan fingerprint density at radius 1 is 1.35 bits per heavy atom. The highest BCUT2D eigenvalue weighted by molar-refractivity contribution is 6.30. The molecule has 1 aromatic carbocycles. The van der Waals surface area contributed by atoms with Crippen molar-refractivity contribution in [2.75, 3.05) is 6.61 Å². The van der Waals surface area contributed by atoms with Gasteiger partial charge in [0.15, 0.2) is 0 Å². The van der Waals surface area contributed by atoms with Crippen molar-refractivity contribution in [1.29, 1.82) is 0 Å². The maximum Gasteiger partial charge on any atom is 0.275 e. The van der Waals surface area contributed by atoms with Crippen LogP contribution in [0.5, 0.6) is 0 Å². The van der Waals surface area contributed by atoms with Gasteiger partial charge in [-0.2, -0.15) is 0 Å². The standard InChI is InChI=1S/C14H19ClN2O3/c15-12-4-5-13(17(18)19)11(8-12)9-20-10-14(16)6-2-1-3-7-14/h4-5,8H,1-3,6-7,9-10,16H2. The highest BCUT2D eigenvalue weighted by Gasteiger charge is 2.27. The van der Waals surface area contributed by atoms with E-state index in [2.05, 4.69) is 0 Å². The average molecular weight is 299 g/mol. The predicted molar refractivity (Wildman–Crippen MR) is 77.8 cm³/mol. The van der Waals surface area contributed by atoms with Crippen LogP contribution in [0.4, 0.5) is 5.69 Å². The number of rotatable bonds is 5. The van der Waals surface area contributed by atoms with Gasteiger partial charge < -0.3 is 10.5 Å². The Bertz CT molecular complexity index is 487. The van der Waals surface area contributed by atoms with E-state index in [-0.39, 0.29) is 17.8 Å². The number of nitrogens with two attached hydrogens (primary N) is 1. The molecule has 1 aromatic rings. The zero-order valence-electron chi connectivity index (χ0n) is 11.3. The smallest absolute Gasteiger partial charge is 0.275 e. The summed E-state index contributed by atoms with van der Waals surface area (Å²) in [5.74, 6) is 0. The first kappa shape index (κ1) is 15.2.